The number of benzene rings is 1. The first-order chi connectivity index (χ1) is 10.1. The molecule has 1 aromatic carbocycles. The van der Waals surface area contributed by atoms with Crippen LogP contribution in [-0.4, -0.2) is 21.9 Å². The number of aromatic amines is 1. The van der Waals surface area contributed by atoms with E-state index in [2.05, 4.69) is 10.2 Å². The van der Waals surface area contributed by atoms with Gasteiger partial charge in [0, 0.05) is 23.0 Å². The summed E-state index contributed by atoms with van der Waals surface area (Å²) in [6, 6.07) is 5.57. The first-order valence-corrected chi connectivity index (χ1v) is 7.65. The number of aromatic nitrogens is 3. The predicted molar refractivity (Wildman–Crippen MR) is 82.9 cm³/mol. The van der Waals surface area contributed by atoms with Gasteiger partial charge < -0.3 is 10.5 Å². The maximum Gasteiger partial charge on any atom is 0.343 e. The number of hydrogen-bond acceptors (Lipinski definition) is 5. The van der Waals surface area contributed by atoms with Crippen molar-refractivity contribution in [3.8, 4) is 5.75 Å². The Morgan fingerprint density at radius 2 is 2.29 bits per heavy atom. The third kappa shape index (κ3) is 3.30. The molecule has 0 radical (unpaired) electrons. The number of H-pyrrole nitrogens is 1. The lowest BCUT2D eigenvalue weighted by Crippen LogP contribution is -2.17. The second kappa shape index (κ2) is 6.82. The van der Waals surface area contributed by atoms with E-state index in [4.69, 9.17) is 10.5 Å². The Balaban J connectivity index is 2.42. The van der Waals surface area contributed by atoms with Crippen molar-refractivity contribution in [2.45, 2.75) is 42.9 Å². The molecular weight excluding hydrogens is 288 g/mol. The molecule has 1 heterocycles. The summed E-state index contributed by atoms with van der Waals surface area (Å²) in [7, 11) is 1.62. The summed E-state index contributed by atoms with van der Waals surface area (Å²) in [5, 5.41) is 7.22. The van der Waals surface area contributed by atoms with Gasteiger partial charge in [0.05, 0.1) is 7.11 Å². The van der Waals surface area contributed by atoms with E-state index < -0.39 is 0 Å². The monoisotopic (exact) mass is 308 g/mol. The van der Waals surface area contributed by atoms with Gasteiger partial charge in [-0.25, -0.2) is 9.89 Å². The van der Waals surface area contributed by atoms with Crippen LogP contribution in [0.4, 0.5) is 0 Å². The van der Waals surface area contributed by atoms with Crippen LogP contribution in [0, 0.1) is 0 Å². The van der Waals surface area contributed by atoms with Crippen LogP contribution in [0.3, 0.4) is 0 Å². The number of nitrogens with two attached hydrogens (primary N) is 1. The van der Waals surface area contributed by atoms with Crippen LogP contribution in [0.25, 0.3) is 0 Å². The van der Waals surface area contributed by atoms with Gasteiger partial charge in [0.2, 0.25) is 0 Å². The van der Waals surface area contributed by atoms with Crippen LogP contribution < -0.4 is 16.2 Å². The zero-order valence-electron chi connectivity index (χ0n) is 12.4. The fraction of sp³-hybridized carbons (Fsp3) is 0.429. The average molecular weight is 308 g/mol. The van der Waals surface area contributed by atoms with Gasteiger partial charge in [0.15, 0.2) is 5.16 Å². The zero-order chi connectivity index (χ0) is 15.4. The van der Waals surface area contributed by atoms with E-state index in [9.17, 15) is 4.79 Å². The molecule has 0 spiro atoms. The third-order valence-corrected chi connectivity index (χ3v) is 4.14. The highest BCUT2D eigenvalue weighted by atomic mass is 32.2. The minimum Gasteiger partial charge on any atom is -0.496 e. The van der Waals surface area contributed by atoms with Gasteiger partial charge in [-0.15, -0.1) is 5.10 Å². The highest BCUT2D eigenvalue weighted by Crippen LogP contribution is 2.36. The maximum absolute atomic E-state index is 11.7. The van der Waals surface area contributed by atoms with Gasteiger partial charge in [0.1, 0.15) is 5.75 Å². The Kier molecular flexibility index (Phi) is 5.08. The van der Waals surface area contributed by atoms with Crippen LogP contribution in [-0.2, 0) is 6.54 Å². The lowest BCUT2D eigenvalue weighted by atomic mass is 10.1. The Labute approximate surface area is 127 Å². The second-order valence-corrected chi connectivity index (χ2v) is 5.73. The molecule has 0 aliphatic heterocycles. The third-order valence-electron chi connectivity index (χ3n) is 3.07. The maximum atomic E-state index is 11.7. The molecular formula is C14H20N4O2S. The van der Waals surface area contributed by atoms with E-state index in [1.807, 2.05) is 32.0 Å². The van der Waals surface area contributed by atoms with Crippen LogP contribution in [0.2, 0.25) is 0 Å². The Morgan fingerprint density at radius 1 is 1.52 bits per heavy atom. The zero-order valence-corrected chi connectivity index (χ0v) is 13.2. The molecule has 1 atom stereocenters. The van der Waals surface area contributed by atoms with E-state index >= 15 is 0 Å². The Hall–Kier alpha value is -1.73. The van der Waals surface area contributed by atoms with Gasteiger partial charge in [0.25, 0.3) is 0 Å². The van der Waals surface area contributed by atoms with Crippen LogP contribution in [0.5, 0.6) is 5.75 Å². The van der Waals surface area contributed by atoms with Gasteiger partial charge >= 0.3 is 5.69 Å². The highest BCUT2D eigenvalue weighted by Gasteiger charge is 2.17. The summed E-state index contributed by atoms with van der Waals surface area (Å²) in [5.41, 5.74) is 6.79. The molecule has 0 bridgehead atoms. The number of nitrogens with zero attached hydrogens (tertiary/aromatic N) is 2. The highest BCUT2D eigenvalue weighted by molar-refractivity contribution is 7.99. The molecule has 0 aliphatic rings. The summed E-state index contributed by atoms with van der Waals surface area (Å²) in [5.74, 6) is 0.745. The molecule has 2 rings (SSSR count). The average Bonchev–Trinajstić information content (AvgIpc) is 2.80. The molecule has 7 heteroatoms. The quantitative estimate of drug-likeness (QED) is 0.854. The molecule has 2 aromatic rings. The molecule has 0 amide bonds. The fourth-order valence-electron chi connectivity index (χ4n) is 2.14. The van der Waals surface area contributed by atoms with Crippen molar-refractivity contribution in [2.75, 3.05) is 7.11 Å². The van der Waals surface area contributed by atoms with E-state index in [-0.39, 0.29) is 11.7 Å². The minimum absolute atomic E-state index is 0.172. The van der Waals surface area contributed by atoms with Crippen LogP contribution >= 0.6 is 11.8 Å². The summed E-state index contributed by atoms with van der Waals surface area (Å²) < 4.78 is 7.01. The van der Waals surface area contributed by atoms with Crippen molar-refractivity contribution in [2.24, 2.45) is 5.73 Å². The largest absolute Gasteiger partial charge is 0.496 e. The molecule has 3 N–H and O–H groups in total. The molecule has 0 aliphatic carbocycles. The van der Waals surface area contributed by atoms with Crippen molar-refractivity contribution < 1.29 is 4.74 Å². The molecule has 114 valence electrons. The summed E-state index contributed by atoms with van der Waals surface area (Å²) in [4.78, 5) is 12.7. The predicted octanol–water partition coefficient (Wildman–Crippen LogP) is 2.16. The van der Waals surface area contributed by atoms with Crippen LogP contribution in [0.15, 0.2) is 33.0 Å². The molecule has 0 unspecified atom stereocenters. The SMILES string of the molecule is CCCn1c(Sc2cccc(OC)c2[C@@H](C)N)n[nH]c1=O. The standard InChI is InChI=1S/C14H20N4O2S/c1-4-8-18-13(19)16-17-14(18)21-11-7-5-6-10(20-3)12(11)9(2)15/h5-7,9H,4,8,15H2,1-3H3,(H,16,19)/t9-/m1/s1. The van der Waals surface area contributed by atoms with Gasteiger partial charge in [-0.1, -0.05) is 13.0 Å². The molecule has 1 aromatic heterocycles. The van der Waals surface area contributed by atoms with Crippen molar-refractivity contribution in [1.29, 1.82) is 0 Å². The fourth-order valence-corrected chi connectivity index (χ4v) is 3.26. The molecule has 0 saturated carbocycles. The lowest BCUT2D eigenvalue weighted by Gasteiger charge is -2.16. The van der Waals surface area contributed by atoms with E-state index in [1.54, 1.807) is 11.7 Å². The topological polar surface area (TPSA) is 85.9 Å². The normalized spacial score (nSPS) is 12.4. The van der Waals surface area contributed by atoms with Gasteiger partial charge in [-0.05, 0) is 37.2 Å². The summed E-state index contributed by atoms with van der Waals surface area (Å²) in [6.07, 6.45) is 0.866. The van der Waals surface area contributed by atoms with E-state index in [1.165, 1.54) is 11.8 Å². The molecule has 21 heavy (non-hydrogen) atoms. The lowest BCUT2D eigenvalue weighted by molar-refractivity contribution is 0.405. The van der Waals surface area contributed by atoms with E-state index in [0.29, 0.717) is 11.7 Å². The van der Waals surface area contributed by atoms with E-state index in [0.717, 1.165) is 22.6 Å². The molecule has 0 saturated heterocycles. The Bertz CT molecular complexity index is 663. The summed E-state index contributed by atoms with van der Waals surface area (Å²) >= 11 is 1.42. The molecule has 6 nitrogen and oxygen atoms in total. The number of methoxy groups -OCH3 is 1. The van der Waals surface area contributed by atoms with Crippen molar-refractivity contribution in [3.05, 3.63) is 34.2 Å². The number of ether oxygens (including phenoxy) is 1. The van der Waals surface area contributed by atoms with Crippen molar-refractivity contribution in [1.82, 2.24) is 14.8 Å². The van der Waals surface area contributed by atoms with Gasteiger partial charge in [-0.2, -0.15) is 0 Å². The smallest absolute Gasteiger partial charge is 0.343 e. The van der Waals surface area contributed by atoms with Crippen LogP contribution in [0.1, 0.15) is 31.9 Å². The first-order valence-electron chi connectivity index (χ1n) is 6.84. The Morgan fingerprint density at radius 3 is 2.90 bits per heavy atom. The van der Waals surface area contributed by atoms with Crippen molar-refractivity contribution >= 4 is 11.8 Å². The molecule has 0 fully saturated rings. The number of rotatable bonds is 6. The minimum atomic E-state index is -0.190. The number of hydrogen-bond donors (Lipinski definition) is 2. The first kappa shape index (κ1) is 15.7. The second-order valence-electron chi connectivity index (χ2n) is 4.73. The summed E-state index contributed by atoms with van der Waals surface area (Å²) in [6.45, 7) is 4.56. The number of nitrogens with one attached hydrogen (secondary N) is 1. The van der Waals surface area contributed by atoms with Crippen molar-refractivity contribution in [3.63, 3.8) is 0 Å². The van der Waals surface area contributed by atoms with Gasteiger partial charge in [-0.3, -0.25) is 4.57 Å².